The fraction of sp³-hybridized carbons (Fsp3) is 0.250. The topological polar surface area (TPSA) is 4.44 Å². The van der Waals surface area contributed by atoms with Gasteiger partial charge in [-0.2, -0.15) is 0 Å². The third kappa shape index (κ3) is 3.86. The largest absolute Gasteiger partial charge is 1.00 e. The van der Waals surface area contributed by atoms with E-state index in [2.05, 4.69) is 74.8 Å². The van der Waals surface area contributed by atoms with Gasteiger partial charge in [-0.1, -0.05) is 60.7 Å². The smallest absolute Gasteiger partial charge is 0.117 e. The van der Waals surface area contributed by atoms with Gasteiger partial charge in [0.05, 0.1) is 14.1 Å². The minimum Gasteiger partial charge on any atom is -1.00 e. The second-order valence-corrected chi connectivity index (χ2v) is 4.73. The van der Waals surface area contributed by atoms with Gasteiger partial charge in [-0.3, -0.25) is 0 Å². The molecule has 0 amide bonds. The highest BCUT2D eigenvalue weighted by Crippen LogP contribution is 2.14. The molecule has 0 heterocycles. The van der Waals surface area contributed by atoms with Gasteiger partial charge in [0, 0.05) is 12.0 Å². The Morgan fingerprint density at radius 3 is 1.83 bits per heavy atom. The van der Waals surface area contributed by atoms with Crippen molar-refractivity contribution in [1.29, 1.82) is 0 Å². The quantitative estimate of drug-likeness (QED) is 0.729. The van der Waals surface area contributed by atoms with E-state index in [1.807, 2.05) is 0 Å². The molecule has 2 aromatic carbocycles. The van der Waals surface area contributed by atoms with Gasteiger partial charge >= 0.3 is 0 Å². The van der Waals surface area contributed by atoms with E-state index in [-0.39, 0.29) is 12.4 Å². The summed E-state index contributed by atoms with van der Waals surface area (Å²) >= 11 is 0. The maximum Gasteiger partial charge on any atom is 0.117 e. The molecule has 1 atom stereocenters. The summed E-state index contributed by atoms with van der Waals surface area (Å²) < 4.78 is 0. The average Bonchev–Trinajstić information content (AvgIpc) is 2.38. The number of benzene rings is 2. The van der Waals surface area contributed by atoms with Gasteiger partial charge in [0.1, 0.15) is 6.04 Å². The van der Waals surface area contributed by atoms with Crippen LogP contribution in [0.4, 0.5) is 0 Å². The van der Waals surface area contributed by atoms with Crippen molar-refractivity contribution < 1.29 is 17.3 Å². The molecule has 96 valence electrons. The Bertz CT molecular complexity index is 439. The van der Waals surface area contributed by atoms with Crippen LogP contribution in [0.3, 0.4) is 0 Å². The van der Waals surface area contributed by atoms with E-state index in [4.69, 9.17) is 0 Å². The second-order valence-electron chi connectivity index (χ2n) is 4.73. The highest BCUT2D eigenvalue weighted by atomic mass is 35.5. The molecule has 0 aliphatic carbocycles. The zero-order valence-corrected chi connectivity index (χ0v) is 11.7. The first-order chi connectivity index (χ1) is 8.27. The molecule has 1 N–H and O–H groups in total. The minimum absolute atomic E-state index is 0. The van der Waals surface area contributed by atoms with Gasteiger partial charge in [-0.15, -0.1) is 0 Å². The van der Waals surface area contributed by atoms with Crippen molar-refractivity contribution in [3.05, 3.63) is 71.8 Å². The summed E-state index contributed by atoms with van der Waals surface area (Å²) in [5.74, 6) is 0. The molecule has 0 radical (unpaired) electrons. The number of hydrogen-bond donors (Lipinski definition) is 1. The maximum atomic E-state index is 2.22. The molecule has 0 aromatic heterocycles. The first-order valence-electron chi connectivity index (χ1n) is 6.16. The van der Waals surface area contributed by atoms with Crippen molar-refractivity contribution >= 4 is 0 Å². The summed E-state index contributed by atoms with van der Waals surface area (Å²) in [4.78, 5) is 1.47. The molecule has 18 heavy (non-hydrogen) atoms. The van der Waals surface area contributed by atoms with Crippen molar-refractivity contribution in [3.63, 3.8) is 0 Å². The molecule has 0 saturated carbocycles. The lowest BCUT2D eigenvalue weighted by Gasteiger charge is -2.22. The molecule has 0 bridgehead atoms. The summed E-state index contributed by atoms with van der Waals surface area (Å²) in [6.07, 6.45) is 1.09. The van der Waals surface area contributed by atoms with E-state index in [9.17, 15) is 0 Å². The Balaban J connectivity index is 0.00000162. The monoisotopic (exact) mass is 261 g/mol. The van der Waals surface area contributed by atoms with Crippen LogP contribution in [0.25, 0.3) is 0 Å². The van der Waals surface area contributed by atoms with Crippen LogP contribution in [0.2, 0.25) is 0 Å². The molecule has 0 aliphatic rings. The third-order valence-electron chi connectivity index (χ3n) is 3.18. The van der Waals surface area contributed by atoms with Gasteiger partial charge in [-0.05, 0) is 5.56 Å². The molecule has 0 spiro atoms. The Hall–Kier alpha value is -1.31. The first-order valence-corrected chi connectivity index (χ1v) is 6.16. The predicted octanol–water partition coefficient (Wildman–Crippen LogP) is -0.881. The average molecular weight is 262 g/mol. The van der Waals surface area contributed by atoms with Gasteiger partial charge in [0.25, 0.3) is 0 Å². The van der Waals surface area contributed by atoms with Crippen LogP contribution in [-0.4, -0.2) is 14.1 Å². The Labute approximate surface area is 116 Å². The van der Waals surface area contributed by atoms with Crippen LogP contribution < -0.4 is 17.3 Å². The first kappa shape index (κ1) is 14.7. The Morgan fingerprint density at radius 2 is 1.33 bits per heavy atom. The number of quaternary nitrogens is 1. The molecule has 0 fully saturated rings. The van der Waals surface area contributed by atoms with E-state index < -0.39 is 0 Å². The molecule has 2 aromatic rings. The molecular formula is C16H20ClN. The van der Waals surface area contributed by atoms with Crippen LogP contribution in [0.1, 0.15) is 17.2 Å². The number of hydrogen-bond acceptors (Lipinski definition) is 0. The number of nitrogens with one attached hydrogen (secondary N) is 1. The van der Waals surface area contributed by atoms with Crippen LogP contribution in [0.5, 0.6) is 0 Å². The molecular weight excluding hydrogens is 242 g/mol. The van der Waals surface area contributed by atoms with E-state index in [1.54, 1.807) is 0 Å². The Morgan fingerprint density at radius 1 is 0.833 bits per heavy atom. The summed E-state index contributed by atoms with van der Waals surface area (Å²) in [7, 11) is 4.45. The lowest BCUT2D eigenvalue weighted by molar-refractivity contribution is -0.892. The van der Waals surface area contributed by atoms with Gasteiger partial charge < -0.3 is 17.3 Å². The zero-order valence-electron chi connectivity index (χ0n) is 10.9. The highest BCUT2D eigenvalue weighted by molar-refractivity contribution is 5.22. The Kier molecular flexibility index (Phi) is 5.90. The van der Waals surface area contributed by atoms with Crippen molar-refractivity contribution in [2.75, 3.05) is 14.1 Å². The van der Waals surface area contributed by atoms with Crippen molar-refractivity contribution in [2.24, 2.45) is 0 Å². The fourth-order valence-corrected chi connectivity index (χ4v) is 2.19. The molecule has 0 aliphatic heterocycles. The SMILES string of the molecule is C[NH+](C)[C@H](Cc1ccccc1)c1ccccc1.[Cl-]. The summed E-state index contributed by atoms with van der Waals surface area (Å²) in [5, 5.41) is 0. The van der Waals surface area contributed by atoms with E-state index in [0.29, 0.717) is 6.04 Å². The van der Waals surface area contributed by atoms with Gasteiger partial charge in [-0.25, -0.2) is 0 Å². The van der Waals surface area contributed by atoms with Crippen LogP contribution in [-0.2, 0) is 6.42 Å². The van der Waals surface area contributed by atoms with Crippen molar-refractivity contribution in [3.8, 4) is 0 Å². The second kappa shape index (κ2) is 7.20. The predicted molar refractivity (Wildman–Crippen MR) is 72.1 cm³/mol. The number of likely N-dealkylation sites (N-methyl/N-ethyl adjacent to an activating group) is 1. The number of halogens is 1. The number of rotatable bonds is 4. The molecule has 2 rings (SSSR count). The molecule has 0 unspecified atom stereocenters. The minimum atomic E-state index is 0. The molecule has 1 nitrogen and oxygen atoms in total. The normalized spacial score (nSPS) is 11.9. The summed E-state index contributed by atoms with van der Waals surface area (Å²) in [5.41, 5.74) is 2.82. The third-order valence-corrected chi connectivity index (χ3v) is 3.18. The van der Waals surface area contributed by atoms with E-state index in [0.717, 1.165) is 6.42 Å². The fourth-order valence-electron chi connectivity index (χ4n) is 2.19. The standard InChI is InChI=1S/C16H19N.ClH/c1-17(2)16(15-11-7-4-8-12-15)13-14-9-5-3-6-10-14;/h3-12,16H,13H2,1-2H3;1H/t16-;/m1./s1. The van der Waals surface area contributed by atoms with Crippen LogP contribution >= 0.6 is 0 Å². The lowest BCUT2D eigenvalue weighted by Crippen LogP contribution is -3.06. The van der Waals surface area contributed by atoms with Crippen molar-refractivity contribution in [2.45, 2.75) is 12.5 Å². The van der Waals surface area contributed by atoms with E-state index >= 15 is 0 Å². The van der Waals surface area contributed by atoms with Crippen LogP contribution in [0.15, 0.2) is 60.7 Å². The molecule has 0 saturated heterocycles. The summed E-state index contributed by atoms with van der Waals surface area (Å²) in [6.45, 7) is 0. The van der Waals surface area contributed by atoms with Crippen LogP contribution in [0, 0.1) is 0 Å². The van der Waals surface area contributed by atoms with E-state index in [1.165, 1.54) is 16.0 Å². The van der Waals surface area contributed by atoms with Gasteiger partial charge in [0.15, 0.2) is 0 Å². The highest BCUT2D eigenvalue weighted by Gasteiger charge is 2.17. The van der Waals surface area contributed by atoms with Crippen molar-refractivity contribution in [1.82, 2.24) is 0 Å². The molecule has 2 heteroatoms. The zero-order chi connectivity index (χ0) is 12.1. The lowest BCUT2D eigenvalue weighted by atomic mass is 9.98. The van der Waals surface area contributed by atoms with Gasteiger partial charge in [0.2, 0.25) is 0 Å². The maximum absolute atomic E-state index is 2.22. The summed E-state index contributed by atoms with van der Waals surface area (Å²) in [6, 6.07) is 22.0.